The Labute approximate surface area is 84.6 Å². The smallest absolute Gasteiger partial charge is 0.157 e. The molecule has 74 valence electrons. The largest absolute Gasteiger partial charge is 0.359 e. The van der Waals surface area contributed by atoms with Gasteiger partial charge in [-0.3, -0.25) is 4.99 Å². The van der Waals surface area contributed by atoms with E-state index in [2.05, 4.69) is 24.2 Å². The third kappa shape index (κ3) is 2.90. The van der Waals surface area contributed by atoms with E-state index in [0.29, 0.717) is 0 Å². The molecular formula is C10H18N2S. The number of aliphatic imine (C=N–C) groups is 1. The maximum Gasteiger partial charge on any atom is 0.157 e. The second-order valence-corrected chi connectivity index (χ2v) is 5.68. The molecule has 0 atom stereocenters. The number of nitrogens with one attached hydrogen (secondary N) is 1. The van der Waals surface area contributed by atoms with E-state index in [4.69, 9.17) is 0 Å². The first kappa shape index (κ1) is 9.38. The maximum atomic E-state index is 4.57. The van der Waals surface area contributed by atoms with Crippen molar-refractivity contribution in [2.75, 3.05) is 12.3 Å². The topological polar surface area (TPSA) is 24.4 Å². The summed E-state index contributed by atoms with van der Waals surface area (Å²) in [5.41, 5.74) is 0.253. The summed E-state index contributed by atoms with van der Waals surface area (Å²) in [6.45, 7) is 5.48. The SMILES string of the molecule is CC1(C)CSC(=NCCC2CC2)N1. The third-order valence-electron chi connectivity index (χ3n) is 2.50. The average Bonchev–Trinajstić information content (AvgIpc) is 2.78. The number of amidine groups is 1. The molecule has 0 aromatic carbocycles. The van der Waals surface area contributed by atoms with E-state index in [-0.39, 0.29) is 5.54 Å². The van der Waals surface area contributed by atoms with Gasteiger partial charge in [-0.2, -0.15) is 0 Å². The van der Waals surface area contributed by atoms with Crippen LogP contribution in [0.1, 0.15) is 33.1 Å². The lowest BCUT2D eigenvalue weighted by Crippen LogP contribution is -2.36. The van der Waals surface area contributed by atoms with Gasteiger partial charge in [0.15, 0.2) is 5.17 Å². The molecule has 2 rings (SSSR count). The van der Waals surface area contributed by atoms with Gasteiger partial charge >= 0.3 is 0 Å². The van der Waals surface area contributed by atoms with Crippen molar-refractivity contribution in [2.24, 2.45) is 10.9 Å². The minimum absolute atomic E-state index is 0.253. The van der Waals surface area contributed by atoms with Crippen LogP contribution in [0.4, 0.5) is 0 Å². The van der Waals surface area contributed by atoms with Gasteiger partial charge in [-0.1, -0.05) is 24.6 Å². The Morgan fingerprint density at radius 1 is 1.54 bits per heavy atom. The minimum atomic E-state index is 0.253. The van der Waals surface area contributed by atoms with Gasteiger partial charge in [0.25, 0.3) is 0 Å². The van der Waals surface area contributed by atoms with Crippen LogP contribution in [0.15, 0.2) is 4.99 Å². The summed E-state index contributed by atoms with van der Waals surface area (Å²) < 4.78 is 0. The molecule has 2 nitrogen and oxygen atoms in total. The molecule has 0 aromatic rings. The molecule has 0 radical (unpaired) electrons. The van der Waals surface area contributed by atoms with Gasteiger partial charge in [-0.25, -0.2) is 0 Å². The number of rotatable bonds is 3. The summed E-state index contributed by atoms with van der Waals surface area (Å²) in [5.74, 6) is 2.15. The second kappa shape index (κ2) is 3.52. The molecule has 1 saturated heterocycles. The van der Waals surface area contributed by atoms with E-state index in [1.54, 1.807) is 0 Å². The molecule has 1 saturated carbocycles. The Hall–Kier alpha value is -0.180. The fourth-order valence-corrected chi connectivity index (χ4v) is 2.55. The van der Waals surface area contributed by atoms with Crippen molar-refractivity contribution in [2.45, 2.75) is 38.6 Å². The Bertz CT molecular complexity index is 219. The zero-order chi connectivity index (χ0) is 9.31. The molecule has 0 aromatic heterocycles. The first-order valence-corrected chi connectivity index (χ1v) is 6.10. The van der Waals surface area contributed by atoms with Gasteiger partial charge in [0.05, 0.1) is 0 Å². The second-order valence-electron chi connectivity index (χ2n) is 4.72. The van der Waals surface area contributed by atoms with Gasteiger partial charge in [0, 0.05) is 17.8 Å². The standard InChI is InChI=1S/C10H18N2S/c1-10(2)7-13-9(12-10)11-6-5-8-3-4-8/h8H,3-7H2,1-2H3,(H,11,12). The summed E-state index contributed by atoms with van der Waals surface area (Å²) in [4.78, 5) is 4.57. The minimum Gasteiger partial charge on any atom is -0.359 e. The van der Waals surface area contributed by atoms with Gasteiger partial charge in [-0.05, 0) is 26.2 Å². The molecule has 3 heteroatoms. The Morgan fingerprint density at radius 2 is 2.31 bits per heavy atom. The Balaban J connectivity index is 1.73. The molecule has 0 amide bonds. The van der Waals surface area contributed by atoms with Crippen LogP contribution in [0.2, 0.25) is 0 Å². The van der Waals surface area contributed by atoms with Crippen LogP contribution >= 0.6 is 11.8 Å². The highest BCUT2D eigenvalue weighted by Crippen LogP contribution is 2.32. The van der Waals surface area contributed by atoms with E-state index in [0.717, 1.165) is 23.4 Å². The van der Waals surface area contributed by atoms with Crippen LogP contribution in [0.5, 0.6) is 0 Å². The highest BCUT2D eigenvalue weighted by Gasteiger charge is 2.27. The molecule has 0 unspecified atom stereocenters. The lowest BCUT2D eigenvalue weighted by Gasteiger charge is -2.15. The van der Waals surface area contributed by atoms with Gasteiger partial charge in [0.2, 0.25) is 0 Å². The summed E-state index contributed by atoms with van der Waals surface area (Å²) in [7, 11) is 0. The highest BCUT2D eigenvalue weighted by atomic mass is 32.2. The van der Waals surface area contributed by atoms with E-state index >= 15 is 0 Å². The summed E-state index contributed by atoms with van der Waals surface area (Å²) in [6, 6.07) is 0. The monoisotopic (exact) mass is 198 g/mol. The molecule has 2 fully saturated rings. The molecule has 0 spiro atoms. The van der Waals surface area contributed by atoms with Crippen molar-refractivity contribution < 1.29 is 0 Å². The van der Waals surface area contributed by atoms with Crippen LogP contribution in [-0.2, 0) is 0 Å². The first-order valence-electron chi connectivity index (χ1n) is 5.11. The van der Waals surface area contributed by atoms with Crippen molar-refractivity contribution >= 4 is 16.9 Å². The van der Waals surface area contributed by atoms with E-state index in [1.165, 1.54) is 19.3 Å². The first-order chi connectivity index (χ1) is 6.16. The fraction of sp³-hybridized carbons (Fsp3) is 0.900. The predicted molar refractivity (Wildman–Crippen MR) is 59.3 cm³/mol. The van der Waals surface area contributed by atoms with Crippen LogP contribution < -0.4 is 5.32 Å². The number of hydrogen-bond donors (Lipinski definition) is 1. The summed E-state index contributed by atoms with van der Waals surface area (Å²) in [5, 5.41) is 4.60. The maximum absolute atomic E-state index is 4.57. The molecule has 1 heterocycles. The lowest BCUT2D eigenvalue weighted by molar-refractivity contribution is 0.536. The summed E-state index contributed by atoms with van der Waals surface area (Å²) in [6.07, 6.45) is 4.18. The van der Waals surface area contributed by atoms with Crippen LogP contribution in [0.3, 0.4) is 0 Å². The zero-order valence-electron chi connectivity index (χ0n) is 8.47. The molecule has 1 aliphatic carbocycles. The number of thioether (sulfide) groups is 1. The molecule has 2 aliphatic rings. The number of hydrogen-bond acceptors (Lipinski definition) is 2. The summed E-state index contributed by atoms with van der Waals surface area (Å²) >= 11 is 1.86. The molecule has 13 heavy (non-hydrogen) atoms. The van der Waals surface area contributed by atoms with Crippen LogP contribution in [0.25, 0.3) is 0 Å². The highest BCUT2D eigenvalue weighted by molar-refractivity contribution is 8.14. The Morgan fingerprint density at radius 3 is 2.85 bits per heavy atom. The van der Waals surface area contributed by atoms with Gasteiger partial charge in [0.1, 0.15) is 0 Å². The van der Waals surface area contributed by atoms with Crippen LogP contribution in [-0.4, -0.2) is 23.0 Å². The van der Waals surface area contributed by atoms with E-state index in [9.17, 15) is 0 Å². The van der Waals surface area contributed by atoms with Crippen molar-refractivity contribution in [1.82, 2.24) is 5.32 Å². The van der Waals surface area contributed by atoms with Crippen LogP contribution in [0, 0.1) is 5.92 Å². The Kier molecular flexibility index (Phi) is 2.54. The predicted octanol–water partition coefficient (Wildman–Crippen LogP) is 2.26. The van der Waals surface area contributed by atoms with Crippen molar-refractivity contribution in [3.63, 3.8) is 0 Å². The lowest BCUT2D eigenvalue weighted by atomic mass is 10.1. The van der Waals surface area contributed by atoms with Gasteiger partial charge < -0.3 is 5.32 Å². The molecular weight excluding hydrogens is 180 g/mol. The zero-order valence-corrected chi connectivity index (χ0v) is 9.28. The normalized spacial score (nSPS) is 29.2. The van der Waals surface area contributed by atoms with E-state index in [1.807, 2.05) is 11.8 Å². The quantitative estimate of drug-likeness (QED) is 0.752. The van der Waals surface area contributed by atoms with Crippen molar-refractivity contribution in [3.8, 4) is 0 Å². The number of nitrogens with zero attached hydrogens (tertiary/aromatic N) is 1. The molecule has 1 N–H and O–H groups in total. The fourth-order valence-electron chi connectivity index (χ4n) is 1.45. The average molecular weight is 198 g/mol. The molecule has 1 aliphatic heterocycles. The molecule has 0 bridgehead atoms. The third-order valence-corrected chi connectivity index (χ3v) is 3.88. The van der Waals surface area contributed by atoms with E-state index < -0.39 is 0 Å². The van der Waals surface area contributed by atoms with Gasteiger partial charge in [-0.15, -0.1) is 0 Å². The van der Waals surface area contributed by atoms with Crippen molar-refractivity contribution in [1.29, 1.82) is 0 Å². The van der Waals surface area contributed by atoms with Crippen molar-refractivity contribution in [3.05, 3.63) is 0 Å².